The molecule has 0 aromatic rings. The Labute approximate surface area is 105 Å². The molecule has 0 unspecified atom stereocenters. The van der Waals surface area contributed by atoms with Crippen LogP contribution in [0.2, 0.25) is 0 Å². The van der Waals surface area contributed by atoms with Gasteiger partial charge in [-0.3, -0.25) is 9.69 Å². The zero-order valence-corrected chi connectivity index (χ0v) is 11.7. The number of carbonyl (C=O) groups is 1. The first-order valence-electron chi connectivity index (χ1n) is 6.53. The van der Waals surface area contributed by atoms with E-state index in [2.05, 4.69) is 24.1 Å². The highest BCUT2D eigenvalue weighted by atomic mass is 16.2. The number of amides is 1. The predicted molar refractivity (Wildman–Crippen MR) is 70.7 cm³/mol. The van der Waals surface area contributed by atoms with Crippen LogP contribution in [0.15, 0.2) is 0 Å². The molecule has 4 nitrogen and oxygen atoms in total. The van der Waals surface area contributed by atoms with E-state index in [0.29, 0.717) is 0 Å². The smallest absolute Gasteiger partial charge is 0.239 e. The molecular formula is C13H27N3O. The Morgan fingerprint density at radius 3 is 2.71 bits per heavy atom. The minimum Gasteiger partial charge on any atom is -0.353 e. The molecule has 0 radical (unpaired) electrons. The highest BCUT2D eigenvalue weighted by Crippen LogP contribution is 2.23. The van der Waals surface area contributed by atoms with Gasteiger partial charge in [0.15, 0.2) is 0 Å². The highest BCUT2D eigenvalue weighted by Gasteiger charge is 2.37. The predicted octanol–water partition coefficient (Wildman–Crippen LogP) is 0.962. The fraction of sp³-hybridized carbons (Fsp3) is 0.923. The lowest BCUT2D eigenvalue weighted by atomic mass is 9.87. The fourth-order valence-electron chi connectivity index (χ4n) is 2.19. The van der Waals surface area contributed by atoms with Gasteiger partial charge in [0, 0.05) is 13.1 Å². The average molecular weight is 241 g/mol. The van der Waals surface area contributed by atoms with Gasteiger partial charge in [0.05, 0.1) is 5.54 Å². The van der Waals surface area contributed by atoms with E-state index < -0.39 is 0 Å². The summed E-state index contributed by atoms with van der Waals surface area (Å²) in [5.41, 5.74) is 5.56. The third-order valence-electron chi connectivity index (χ3n) is 3.85. The van der Waals surface area contributed by atoms with E-state index in [1.54, 1.807) is 0 Å². The first kappa shape index (κ1) is 14.5. The summed E-state index contributed by atoms with van der Waals surface area (Å²) in [6.07, 6.45) is 2.21. The second kappa shape index (κ2) is 5.36. The van der Waals surface area contributed by atoms with Gasteiger partial charge < -0.3 is 11.1 Å². The number of piperazine rings is 1. The van der Waals surface area contributed by atoms with E-state index in [1.807, 2.05) is 13.8 Å². The van der Waals surface area contributed by atoms with Crippen LogP contribution in [0.25, 0.3) is 0 Å². The Bertz CT molecular complexity index is 274. The van der Waals surface area contributed by atoms with Crippen LogP contribution < -0.4 is 11.1 Å². The lowest BCUT2D eigenvalue weighted by molar-refractivity contribution is -0.135. The molecule has 0 spiro atoms. The van der Waals surface area contributed by atoms with Crippen molar-refractivity contribution in [1.82, 2.24) is 10.2 Å². The van der Waals surface area contributed by atoms with Gasteiger partial charge in [-0.05, 0) is 45.2 Å². The summed E-state index contributed by atoms with van der Waals surface area (Å²) in [6.45, 7) is 11.8. The Kier molecular flexibility index (Phi) is 4.55. The number of rotatable bonds is 5. The average Bonchev–Trinajstić information content (AvgIpc) is 2.24. The van der Waals surface area contributed by atoms with Gasteiger partial charge in [0.1, 0.15) is 0 Å². The molecule has 0 atom stereocenters. The summed E-state index contributed by atoms with van der Waals surface area (Å²) in [7, 11) is 0. The molecule has 0 saturated carbocycles. The molecule has 4 heteroatoms. The van der Waals surface area contributed by atoms with Crippen LogP contribution in [0.5, 0.6) is 0 Å². The molecule has 0 aliphatic carbocycles. The summed E-state index contributed by atoms with van der Waals surface area (Å²) >= 11 is 0. The molecular weight excluding hydrogens is 214 g/mol. The summed E-state index contributed by atoms with van der Waals surface area (Å²) in [4.78, 5) is 14.0. The van der Waals surface area contributed by atoms with Crippen molar-refractivity contribution in [3.63, 3.8) is 0 Å². The molecule has 1 amide bonds. The van der Waals surface area contributed by atoms with Gasteiger partial charge in [-0.1, -0.05) is 13.8 Å². The van der Waals surface area contributed by atoms with Crippen LogP contribution in [0, 0.1) is 5.41 Å². The van der Waals surface area contributed by atoms with Crippen molar-refractivity contribution >= 4 is 5.91 Å². The molecule has 0 bridgehead atoms. The monoisotopic (exact) mass is 241 g/mol. The Morgan fingerprint density at radius 1 is 1.47 bits per heavy atom. The lowest BCUT2D eigenvalue weighted by Gasteiger charge is -2.41. The molecule has 3 N–H and O–H groups in total. The van der Waals surface area contributed by atoms with Gasteiger partial charge in [-0.25, -0.2) is 0 Å². The Balaban J connectivity index is 2.43. The van der Waals surface area contributed by atoms with Crippen molar-refractivity contribution in [1.29, 1.82) is 0 Å². The Hall–Kier alpha value is -0.610. The molecule has 1 fully saturated rings. The first-order valence-corrected chi connectivity index (χ1v) is 6.53. The quantitative estimate of drug-likeness (QED) is 0.754. The standard InChI is InChI=1S/C13H27N3O/c1-12(2,10-14)6-5-8-16-9-7-15-11(17)13(16,3)4/h5-10,14H2,1-4H3,(H,15,17). The molecule has 1 rings (SSSR count). The van der Waals surface area contributed by atoms with Crippen molar-refractivity contribution < 1.29 is 4.79 Å². The molecule has 1 saturated heterocycles. The van der Waals surface area contributed by atoms with Crippen molar-refractivity contribution in [3.05, 3.63) is 0 Å². The second-order valence-corrected chi connectivity index (χ2v) is 6.27. The van der Waals surface area contributed by atoms with Crippen molar-refractivity contribution in [3.8, 4) is 0 Å². The van der Waals surface area contributed by atoms with Crippen molar-refractivity contribution in [2.75, 3.05) is 26.2 Å². The number of hydrogen-bond acceptors (Lipinski definition) is 3. The van der Waals surface area contributed by atoms with Gasteiger partial charge in [-0.15, -0.1) is 0 Å². The largest absolute Gasteiger partial charge is 0.353 e. The normalized spacial score (nSPS) is 21.4. The number of carbonyl (C=O) groups excluding carboxylic acids is 1. The third kappa shape index (κ3) is 3.68. The van der Waals surface area contributed by atoms with E-state index in [4.69, 9.17) is 5.73 Å². The van der Waals surface area contributed by atoms with Crippen LogP contribution in [0.1, 0.15) is 40.5 Å². The maximum Gasteiger partial charge on any atom is 0.239 e. The summed E-state index contributed by atoms with van der Waals surface area (Å²) in [5, 5.41) is 2.92. The number of hydrogen-bond donors (Lipinski definition) is 2. The van der Waals surface area contributed by atoms with E-state index in [9.17, 15) is 4.79 Å². The maximum atomic E-state index is 11.8. The van der Waals surface area contributed by atoms with Gasteiger partial charge >= 0.3 is 0 Å². The zero-order valence-electron chi connectivity index (χ0n) is 11.7. The molecule has 17 heavy (non-hydrogen) atoms. The molecule has 1 aliphatic rings. The molecule has 0 aromatic carbocycles. The van der Waals surface area contributed by atoms with E-state index in [-0.39, 0.29) is 16.9 Å². The first-order chi connectivity index (χ1) is 7.79. The summed E-state index contributed by atoms with van der Waals surface area (Å²) in [5.74, 6) is 0.141. The maximum absolute atomic E-state index is 11.8. The molecule has 1 aliphatic heterocycles. The van der Waals surface area contributed by atoms with Crippen LogP contribution in [-0.4, -0.2) is 42.5 Å². The van der Waals surface area contributed by atoms with Gasteiger partial charge in [0.2, 0.25) is 5.91 Å². The van der Waals surface area contributed by atoms with E-state index in [0.717, 1.165) is 39.0 Å². The topological polar surface area (TPSA) is 58.4 Å². The molecule has 1 heterocycles. The second-order valence-electron chi connectivity index (χ2n) is 6.27. The highest BCUT2D eigenvalue weighted by molar-refractivity contribution is 5.86. The minimum absolute atomic E-state index is 0.141. The van der Waals surface area contributed by atoms with Crippen molar-refractivity contribution in [2.45, 2.75) is 46.1 Å². The van der Waals surface area contributed by atoms with Crippen molar-refractivity contribution in [2.24, 2.45) is 11.1 Å². The van der Waals surface area contributed by atoms with Crippen LogP contribution in [0.3, 0.4) is 0 Å². The van der Waals surface area contributed by atoms with Gasteiger partial charge in [0.25, 0.3) is 0 Å². The van der Waals surface area contributed by atoms with Crippen LogP contribution >= 0.6 is 0 Å². The number of nitrogens with two attached hydrogens (primary N) is 1. The van der Waals surface area contributed by atoms with Crippen LogP contribution in [0.4, 0.5) is 0 Å². The molecule has 100 valence electrons. The van der Waals surface area contributed by atoms with E-state index in [1.165, 1.54) is 0 Å². The van der Waals surface area contributed by atoms with E-state index >= 15 is 0 Å². The summed E-state index contributed by atoms with van der Waals surface area (Å²) in [6, 6.07) is 0. The minimum atomic E-state index is -0.370. The fourth-order valence-corrected chi connectivity index (χ4v) is 2.19. The number of nitrogens with zero attached hydrogens (tertiary/aromatic N) is 1. The Morgan fingerprint density at radius 2 is 2.12 bits per heavy atom. The van der Waals surface area contributed by atoms with Crippen LogP contribution in [-0.2, 0) is 4.79 Å². The lowest BCUT2D eigenvalue weighted by Crippen LogP contribution is -2.61. The van der Waals surface area contributed by atoms with Gasteiger partial charge in [-0.2, -0.15) is 0 Å². The SMILES string of the molecule is CC(C)(CN)CCCN1CCNC(=O)C1(C)C. The third-order valence-corrected chi connectivity index (χ3v) is 3.85. The zero-order chi connectivity index (χ0) is 13.1. The summed E-state index contributed by atoms with van der Waals surface area (Å²) < 4.78 is 0. The number of nitrogens with one attached hydrogen (secondary N) is 1. The molecule has 0 aromatic heterocycles.